The SMILES string of the molecule is CNC(C)Cc1noc(CCc2ccc(-c3ccccc3)o2)n1.Cl. The second kappa shape index (κ2) is 8.66. The molecule has 3 rings (SSSR count). The van der Waals surface area contributed by atoms with E-state index >= 15 is 0 Å². The molecule has 24 heavy (non-hydrogen) atoms. The zero-order chi connectivity index (χ0) is 16.1. The van der Waals surface area contributed by atoms with Gasteiger partial charge >= 0.3 is 0 Å². The normalized spacial score (nSPS) is 11.9. The van der Waals surface area contributed by atoms with Crippen LogP contribution in [0.1, 0.15) is 24.4 Å². The maximum atomic E-state index is 5.88. The highest BCUT2D eigenvalue weighted by atomic mass is 35.5. The van der Waals surface area contributed by atoms with Gasteiger partial charge in [-0.15, -0.1) is 12.4 Å². The Morgan fingerprint density at radius 1 is 1.08 bits per heavy atom. The molecule has 128 valence electrons. The second-order valence-corrected chi connectivity index (χ2v) is 5.63. The number of aryl methyl sites for hydroxylation is 2. The summed E-state index contributed by atoms with van der Waals surface area (Å²) in [7, 11) is 1.92. The number of furan rings is 1. The van der Waals surface area contributed by atoms with Crippen LogP contribution in [0, 0.1) is 0 Å². The van der Waals surface area contributed by atoms with Crippen molar-refractivity contribution in [3.63, 3.8) is 0 Å². The number of hydrogen-bond acceptors (Lipinski definition) is 5. The lowest BCUT2D eigenvalue weighted by molar-refractivity contribution is 0.367. The van der Waals surface area contributed by atoms with Crippen molar-refractivity contribution in [2.45, 2.75) is 32.2 Å². The number of nitrogens with zero attached hydrogens (tertiary/aromatic N) is 2. The third-order valence-corrected chi connectivity index (χ3v) is 3.80. The van der Waals surface area contributed by atoms with Gasteiger partial charge in [-0.2, -0.15) is 4.98 Å². The summed E-state index contributed by atoms with van der Waals surface area (Å²) >= 11 is 0. The fourth-order valence-corrected chi connectivity index (χ4v) is 2.35. The Morgan fingerprint density at radius 2 is 1.88 bits per heavy atom. The summed E-state index contributed by atoms with van der Waals surface area (Å²) in [6.07, 6.45) is 2.19. The van der Waals surface area contributed by atoms with E-state index in [0.29, 0.717) is 18.4 Å². The van der Waals surface area contributed by atoms with E-state index in [9.17, 15) is 0 Å². The van der Waals surface area contributed by atoms with Gasteiger partial charge in [0.15, 0.2) is 5.82 Å². The Morgan fingerprint density at radius 3 is 2.62 bits per heavy atom. The quantitative estimate of drug-likeness (QED) is 0.706. The molecule has 1 N–H and O–H groups in total. The third-order valence-electron chi connectivity index (χ3n) is 3.80. The molecule has 0 aliphatic rings. The van der Waals surface area contributed by atoms with E-state index in [-0.39, 0.29) is 12.4 Å². The fraction of sp³-hybridized carbons (Fsp3) is 0.333. The molecule has 6 heteroatoms. The molecular weight excluding hydrogens is 326 g/mol. The van der Waals surface area contributed by atoms with Gasteiger partial charge in [-0.3, -0.25) is 0 Å². The van der Waals surface area contributed by atoms with Crippen LogP contribution < -0.4 is 5.32 Å². The molecule has 0 aliphatic heterocycles. The van der Waals surface area contributed by atoms with Gasteiger partial charge < -0.3 is 14.3 Å². The fourth-order valence-electron chi connectivity index (χ4n) is 2.35. The highest BCUT2D eigenvalue weighted by Gasteiger charge is 2.11. The van der Waals surface area contributed by atoms with Crippen LogP contribution in [0.5, 0.6) is 0 Å². The highest BCUT2D eigenvalue weighted by molar-refractivity contribution is 5.85. The zero-order valence-corrected chi connectivity index (χ0v) is 14.7. The van der Waals surface area contributed by atoms with Crippen molar-refractivity contribution < 1.29 is 8.94 Å². The first-order valence-corrected chi connectivity index (χ1v) is 7.87. The maximum Gasteiger partial charge on any atom is 0.227 e. The lowest BCUT2D eigenvalue weighted by atomic mass is 10.2. The predicted molar refractivity (Wildman–Crippen MR) is 95.3 cm³/mol. The summed E-state index contributed by atoms with van der Waals surface area (Å²) in [5.74, 6) is 3.20. The number of nitrogens with one attached hydrogen (secondary N) is 1. The minimum Gasteiger partial charge on any atom is -0.461 e. The molecular formula is C18H22ClN3O2. The van der Waals surface area contributed by atoms with Crippen LogP contribution in [0.25, 0.3) is 11.3 Å². The van der Waals surface area contributed by atoms with Crippen LogP contribution in [0.15, 0.2) is 51.4 Å². The molecule has 0 saturated carbocycles. The van der Waals surface area contributed by atoms with Gasteiger partial charge in [-0.05, 0) is 26.1 Å². The average molecular weight is 348 g/mol. The molecule has 2 aromatic heterocycles. The number of rotatable bonds is 7. The van der Waals surface area contributed by atoms with Gasteiger partial charge in [0.1, 0.15) is 11.5 Å². The van der Waals surface area contributed by atoms with Crippen LogP contribution >= 0.6 is 12.4 Å². The van der Waals surface area contributed by atoms with Crippen molar-refractivity contribution in [3.8, 4) is 11.3 Å². The van der Waals surface area contributed by atoms with Gasteiger partial charge in [0.05, 0.1) is 0 Å². The van der Waals surface area contributed by atoms with Crippen LogP contribution in [0.3, 0.4) is 0 Å². The van der Waals surface area contributed by atoms with Crippen molar-refractivity contribution in [2.24, 2.45) is 0 Å². The number of halogens is 1. The van der Waals surface area contributed by atoms with Crippen molar-refractivity contribution in [1.82, 2.24) is 15.5 Å². The van der Waals surface area contributed by atoms with E-state index in [2.05, 4.69) is 22.4 Å². The Kier molecular flexibility index (Phi) is 6.58. The number of likely N-dealkylation sites (N-methyl/N-ethyl adjacent to an activating group) is 1. The second-order valence-electron chi connectivity index (χ2n) is 5.63. The Balaban J connectivity index is 0.00000208. The standard InChI is InChI=1S/C18H21N3O2.ClH/c1-13(19-2)12-17-20-18(23-21-17)11-9-15-8-10-16(22-15)14-6-4-3-5-7-14;/h3-8,10,13,19H,9,11-12H2,1-2H3;1H. The lowest BCUT2D eigenvalue weighted by Gasteiger charge is -2.04. The molecule has 1 unspecified atom stereocenters. The van der Waals surface area contributed by atoms with Crippen LogP contribution in [-0.4, -0.2) is 23.2 Å². The van der Waals surface area contributed by atoms with Gasteiger partial charge in [0, 0.05) is 30.9 Å². The molecule has 0 fully saturated rings. The summed E-state index contributed by atoms with van der Waals surface area (Å²) in [6, 6.07) is 14.4. The third kappa shape index (κ3) is 4.69. The number of benzene rings is 1. The van der Waals surface area contributed by atoms with Crippen molar-refractivity contribution in [1.29, 1.82) is 0 Å². The molecule has 5 nitrogen and oxygen atoms in total. The summed E-state index contributed by atoms with van der Waals surface area (Å²) in [4.78, 5) is 4.42. The van der Waals surface area contributed by atoms with Gasteiger partial charge in [-0.25, -0.2) is 0 Å². The maximum absolute atomic E-state index is 5.88. The molecule has 0 spiro atoms. The minimum absolute atomic E-state index is 0. The van der Waals surface area contributed by atoms with Gasteiger partial charge in [0.25, 0.3) is 0 Å². The Hall–Kier alpha value is -2.11. The van der Waals surface area contributed by atoms with Crippen LogP contribution in [0.4, 0.5) is 0 Å². The molecule has 1 aromatic carbocycles. The largest absolute Gasteiger partial charge is 0.461 e. The number of aromatic nitrogens is 2. The van der Waals surface area contributed by atoms with E-state index in [1.54, 1.807) is 0 Å². The molecule has 0 aliphatic carbocycles. The van der Waals surface area contributed by atoms with E-state index in [0.717, 1.165) is 35.7 Å². The van der Waals surface area contributed by atoms with Crippen molar-refractivity contribution in [2.75, 3.05) is 7.05 Å². The molecule has 3 aromatic rings. The first-order chi connectivity index (χ1) is 11.2. The Bertz CT molecular complexity index is 740. The van der Waals surface area contributed by atoms with E-state index in [1.165, 1.54) is 0 Å². The molecule has 0 saturated heterocycles. The predicted octanol–water partition coefficient (Wildman–Crippen LogP) is 3.69. The molecule has 0 amide bonds. The van der Waals surface area contributed by atoms with Crippen molar-refractivity contribution >= 4 is 12.4 Å². The molecule has 0 bridgehead atoms. The zero-order valence-electron chi connectivity index (χ0n) is 13.9. The highest BCUT2D eigenvalue weighted by Crippen LogP contribution is 2.22. The first kappa shape index (κ1) is 18.2. The van der Waals surface area contributed by atoms with E-state index in [1.807, 2.05) is 49.5 Å². The summed E-state index contributed by atoms with van der Waals surface area (Å²) < 4.78 is 11.2. The first-order valence-electron chi connectivity index (χ1n) is 7.87. The van der Waals surface area contributed by atoms with E-state index in [4.69, 9.17) is 8.94 Å². The lowest BCUT2D eigenvalue weighted by Crippen LogP contribution is -2.24. The van der Waals surface area contributed by atoms with Gasteiger partial charge in [-0.1, -0.05) is 35.5 Å². The van der Waals surface area contributed by atoms with Crippen LogP contribution in [0.2, 0.25) is 0 Å². The summed E-state index contributed by atoms with van der Waals surface area (Å²) in [6.45, 7) is 2.09. The number of hydrogen-bond donors (Lipinski definition) is 1. The van der Waals surface area contributed by atoms with Gasteiger partial charge in [0.2, 0.25) is 5.89 Å². The topological polar surface area (TPSA) is 64.1 Å². The summed E-state index contributed by atoms with van der Waals surface area (Å²) in [5, 5.41) is 7.17. The van der Waals surface area contributed by atoms with E-state index < -0.39 is 0 Å². The smallest absolute Gasteiger partial charge is 0.227 e. The monoisotopic (exact) mass is 347 g/mol. The van der Waals surface area contributed by atoms with Crippen LogP contribution in [-0.2, 0) is 19.3 Å². The minimum atomic E-state index is 0. The molecule has 1 atom stereocenters. The summed E-state index contributed by atoms with van der Waals surface area (Å²) in [5.41, 5.74) is 1.08. The Labute approximate surface area is 147 Å². The van der Waals surface area contributed by atoms with Crippen molar-refractivity contribution in [3.05, 3.63) is 59.9 Å². The average Bonchev–Trinajstić information content (AvgIpc) is 3.23. The molecule has 2 heterocycles. The molecule has 0 radical (unpaired) electrons.